The molecule has 1 fully saturated rings. The van der Waals surface area contributed by atoms with Gasteiger partial charge in [0, 0.05) is 19.0 Å². The van der Waals surface area contributed by atoms with Crippen molar-refractivity contribution in [3.8, 4) is 6.07 Å². The minimum atomic E-state index is -4.47. The van der Waals surface area contributed by atoms with Crippen LogP contribution in [0.15, 0.2) is 18.2 Å². The molecule has 1 aromatic carbocycles. The molecule has 0 spiro atoms. The summed E-state index contributed by atoms with van der Waals surface area (Å²) in [4.78, 5) is 11.2. The lowest BCUT2D eigenvalue weighted by Crippen LogP contribution is -2.42. The fourth-order valence-corrected chi connectivity index (χ4v) is 2.23. The largest absolute Gasteiger partial charge is 0.416 e. The van der Waals surface area contributed by atoms with E-state index in [1.807, 2.05) is 0 Å². The van der Waals surface area contributed by atoms with Crippen LogP contribution in [0.5, 0.6) is 0 Å². The van der Waals surface area contributed by atoms with Crippen molar-refractivity contribution in [1.29, 1.82) is 5.26 Å². The van der Waals surface area contributed by atoms with E-state index >= 15 is 0 Å². The molecular weight excluding hydrogens is 283 g/mol. The van der Waals surface area contributed by atoms with Gasteiger partial charge in [-0.25, -0.2) is 0 Å². The van der Waals surface area contributed by atoms with Gasteiger partial charge in [-0.05, 0) is 31.0 Å². The highest BCUT2D eigenvalue weighted by Crippen LogP contribution is 2.31. The topological polar surface area (TPSA) is 64.9 Å². The molecule has 1 amide bonds. The van der Waals surface area contributed by atoms with Gasteiger partial charge in [0.15, 0.2) is 0 Å². The van der Waals surface area contributed by atoms with Crippen LogP contribution in [-0.4, -0.2) is 18.5 Å². The predicted molar refractivity (Wildman–Crippen MR) is 70.4 cm³/mol. The lowest BCUT2D eigenvalue weighted by Gasteiger charge is -2.24. The summed E-state index contributed by atoms with van der Waals surface area (Å²) in [7, 11) is 0. The van der Waals surface area contributed by atoms with Gasteiger partial charge >= 0.3 is 6.18 Å². The first kappa shape index (κ1) is 15.2. The van der Waals surface area contributed by atoms with Crippen molar-refractivity contribution in [3.05, 3.63) is 29.3 Å². The van der Waals surface area contributed by atoms with Crippen LogP contribution in [0, 0.1) is 11.3 Å². The fraction of sp³-hybridized carbons (Fsp3) is 0.429. The summed E-state index contributed by atoms with van der Waals surface area (Å²) in [6.07, 6.45) is -2.38. The number of nitriles is 1. The number of hydrogen-bond acceptors (Lipinski definition) is 3. The van der Waals surface area contributed by atoms with E-state index in [1.54, 1.807) is 6.07 Å². The molecule has 1 aromatic rings. The van der Waals surface area contributed by atoms with E-state index in [1.165, 1.54) is 6.07 Å². The molecule has 7 heteroatoms. The first-order valence-electron chi connectivity index (χ1n) is 6.54. The van der Waals surface area contributed by atoms with Gasteiger partial charge < -0.3 is 10.6 Å². The number of rotatable bonds is 3. The normalized spacial score (nSPS) is 18.8. The minimum absolute atomic E-state index is 0.0269. The number of piperidine rings is 1. The molecule has 2 rings (SSSR count). The minimum Gasteiger partial charge on any atom is -0.382 e. The third kappa shape index (κ3) is 3.88. The highest BCUT2D eigenvalue weighted by Gasteiger charge is 2.31. The number of alkyl halides is 3. The number of hydrogen-bond donors (Lipinski definition) is 2. The Bertz CT molecular complexity index is 578. The monoisotopic (exact) mass is 297 g/mol. The van der Waals surface area contributed by atoms with Crippen LogP contribution in [0.1, 0.15) is 30.4 Å². The summed E-state index contributed by atoms with van der Waals surface area (Å²) >= 11 is 0. The van der Waals surface area contributed by atoms with E-state index in [9.17, 15) is 18.0 Å². The maximum Gasteiger partial charge on any atom is 0.416 e. The zero-order chi connectivity index (χ0) is 15.5. The average molecular weight is 297 g/mol. The van der Waals surface area contributed by atoms with Crippen LogP contribution in [0.25, 0.3) is 0 Å². The molecule has 0 bridgehead atoms. The summed E-state index contributed by atoms with van der Waals surface area (Å²) in [6.45, 7) is 0.381. The Labute approximate surface area is 119 Å². The highest BCUT2D eigenvalue weighted by molar-refractivity contribution is 5.77. The van der Waals surface area contributed by atoms with Crippen LogP contribution >= 0.6 is 0 Å². The molecule has 1 atom stereocenters. The number of carbonyl (C=O) groups excluding carboxylic acids is 1. The van der Waals surface area contributed by atoms with Crippen molar-refractivity contribution in [1.82, 2.24) is 5.32 Å². The van der Waals surface area contributed by atoms with E-state index in [0.29, 0.717) is 18.7 Å². The molecule has 0 saturated carbocycles. The van der Waals surface area contributed by atoms with Gasteiger partial charge in [-0.15, -0.1) is 0 Å². The summed E-state index contributed by atoms with van der Waals surface area (Å²) in [5, 5.41) is 14.7. The summed E-state index contributed by atoms with van der Waals surface area (Å²) in [5.41, 5.74) is -0.576. The third-order valence-corrected chi connectivity index (χ3v) is 3.33. The summed E-state index contributed by atoms with van der Waals surface area (Å²) in [5.74, 6) is -0.0269. The van der Waals surface area contributed by atoms with Crippen molar-refractivity contribution in [2.75, 3.05) is 11.9 Å². The number of carbonyl (C=O) groups is 1. The van der Waals surface area contributed by atoms with Gasteiger partial charge in [0.2, 0.25) is 5.91 Å². The van der Waals surface area contributed by atoms with E-state index in [4.69, 9.17) is 5.26 Å². The SMILES string of the molecule is N#Cc1cc(C(F)(F)F)ccc1NC[C@H]1CCCC(=O)N1. The van der Waals surface area contributed by atoms with Gasteiger partial charge in [0.25, 0.3) is 0 Å². The molecule has 0 radical (unpaired) electrons. The van der Waals surface area contributed by atoms with Gasteiger partial charge in [-0.1, -0.05) is 0 Å². The lowest BCUT2D eigenvalue weighted by atomic mass is 10.0. The molecule has 0 unspecified atom stereocenters. The van der Waals surface area contributed by atoms with E-state index in [0.717, 1.165) is 25.0 Å². The van der Waals surface area contributed by atoms with Gasteiger partial charge in [-0.2, -0.15) is 18.4 Å². The standard InChI is InChI=1S/C14H14F3N3O/c15-14(16,17)10-4-5-12(9(6-10)7-18)19-8-11-2-1-3-13(21)20-11/h4-6,11,19H,1-3,8H2,(H,20,21)/t11-/m1/s1. The van der Waals surface area contributed by atoms with Crippen LogP contribution in [0.3, 0.4) is 0 Å². The van der Waals surface area contributed by atoms with E-state index in [-0.39, 0.29) is 17.5 Å². The quantitative estimate of drug-likeness (QED) is 0.901. The number of amides is 1. The van der Waals surface area contributed by atoms with E-state index in [2.05, 4.69) is 10.6 Å². The Balaban J connectivity index is 2.06. The number of halogens is 3. The molecule has 1 aliphatic heterocycles. The van der Waals surface area contributed by atoms with Crippen molar-refractivity contribution < 1.29 is 18.0 Å². The second kappa shape index (κ2) is 6.04. The van der Waals surface area contributed by atoms with Crippen LogP contribution < -0.4 is 10.6 Å². The number of benzene rings is 1. The lowest BCUT2D eigenvalue weighted by molar-refractivity contribution is -0.137. The van der Waals surface area contributed by atoms with Crippen molar-refractivity contribution in [2.24, 2.45) is 0 Å². The van der Waals surface area contributed by atoms with Gasteiger partial charge in [0.05, 0.1) is 16.8 Å². The Morgan fingerprint density at radius 3 is 2.81 bits per heavy atom. The Kier molecular flexibility index (Phi) is 4.36. The zero-order valence-electron chi connectivity index (χ0n) is 11.1. The number of nitrogens with zero attached hydrogens (tertiary/aromatic N) is 1. The first-order chi connectivity index (χ1) is 9.90. The van der Waals surface area contributed by atoms with Gasteiger partial charge in [0.1, 0.15) is 6.07 Å². The Morgan fingerprint density at radius 2 is 2.19 bits per heavy atom. The fourth-order valence-electron chi connectivity index (χ4n) is 2.23. The Morgan fingerprint density at radius 1 is 1.43 bits per heavy atom. The zero-order valence-corrected chi connectivity index (χ0v) is 11.1. The summed E-state index contributed by atoms with van der Waals surface area (Å²) < 4.78 is 37.7. The molecule has 1 heterocycles. The van der Waals surface area contributed by atoms with Crippen molar-refractivity contribution in [3.63, 3.8) is 0 Å². The maximum absolute atomic E-state index is 12.6. The number of anilines is 1. The molecular formula is C14H14F3N3O. The van der Waals surface area contributed by atoms with Gasteiger partial charge in [-0.3, -0.25) is 4.79 Å². The molecule has 4 nitrogen and oxygen atoms in total. The molecule has 1 saturated heterocycles. The summed E-state index contributed by atoms with van der Waals surface area (Å²) in [6, 6.07) is 4.68. The smallest absolute Gasteiger partial charge is 0.382 e. The molecule has 112 valence electrons. The molecule has 0 aliphatic carbocycles. The molecule has 0 aromatic heterocycles. The Hall–Kier alpha value is -2.23. The number of nitrogens with one attached hydrogen (secondary N) is 2. The van der Waals surface area contributed by atoms with E-state index < -0.39 is 11.7 Å². The molecule has 21 heavy (non-hydrogen) atoms. The molecule has 1 aliphatic rings. The second-order valence-electron chi connectivity index (χ2n) is 4.91. The van der Waals surface area contributed by atoms with Crippen LogP contribution in [-0.2, 0) is 11.0 Å². The maximum atomic E-state index is 12.6. The van der Waals surface area contributed by atoms with Crippen LogP contribution in [0.4, 0.5) is 18.9 Å². The molecule has 2 N–H and O–H groups in total. The third-order valence-electron chi connectivity index (χ3n) is 3.33. The van der Waals surface area contributed by atoms with Crippen molar-refractivity contribution in [2.45, 2.75) is 31.5 Å². The van der Waals surface area contributed by atoms with Crippen molar-refractivity contribution >= 4 is 11.6 Å². The van der Waals surface area contributed by atoms with Crippen LogP contribution in [0.2, 0.25) is 0 Å². The predicted octanol–water partition coefficient (Wildman–Crippen LogP) is 2.66. The second-order valence-corrected chi connectivity index (χ2v) is 4.91. The highest BCUT2D eigenvalue weighted by atomic mass is 19.4. The first-order valence-corrected chi connectivity index (χ1v) is 6.54. The average Bonchev–Trinajstić information content (AvgIpc) is 2.44.